The van der Waals surface area contributed by atoms with Crippen LogP contribution in [0.5, 0.6) is 0 Å². The molecular formula is C16H18N4O3S. The van der Waals surface area contributed by atoms with Crippen LogP contribution < -0.4 is 0 Å². The van der Waals surface area contributed by atoms with Crippen molar-refractivity contribution in [2.45, 2.75) is 25.0 Å². The summed E-state index contributed by atoms with van der Waals surface area (Å²) in [7, 11) is 0. The van der Waals surface area contributed by atoms with Crippen LogP contribution in [-0.2, 0) is 20.7 Å². The summed E-state index contributed by atoms with van der Waals surface area (Å²) in [5, 5.41) is 9.34. The van der Waals surface area contributed by atoms with E-state index in [1.807, 2.05) is 6.07 Å². The van der Waals surface area contributed by atoms with Crippen LogP contribution in [0.2, 0.25) is 0 Å². The number of rotatable bonds is 7. The number of aryl methyl sites for hydroxylation is 1. The standard InChI is InChI=1S/C16H18N4O3S/c1-3-9-23-16(22)11(10-17)15-20(4-2)14(21)12(24-15)5-6-13-18-7-8-19-13/h3,7-8,12H,1,4-6,9H2,2H3,(H,18,19). The van der Waals surface area contributed by atoms with Crippen LogP contribution in [0.15, 0.2) is 35.7 Å². The van der Waals surface area contributed by atoms with E-state index in [0.717, 1.165) is 5.82 Å². The molecule has 1 aliphatic rings. The summed E-state index contributed by atoms with van der Waals surface area (Å²) in [4.78, 5) is 33.1. The molecule has 0 aliphatic carbocycles. The largest absolute Gasteiger partial charge is 0.457 e. The molecule has 1 amide bonds. The second-order valence-electron chi connectivity index (χ2n) is 4.94. The predicted molar refractivity (Wildman–Crippen MR) is 89.5 cm³/mol. The average molecular weight is 346 g/mol. The lowest BCUT2D eigenvalue weighted by Gasteiger charge is -2.15. The number of thioether (sulfide) groups is 1. The molecule has 1 atom stereocenters. The van der Waals surface area contributed by atoms with Crippen molar-refractivity contribution in [1.29, 1.82) is 5.26 Å². The molecule has 1 N–H and O–H groups in total. The Morgan fingerprint density at radius 1 is 1.67 bits per heavy atom. The average Bonchev–Trinajstić information content (AvgIpc) is 3.20. The number of amides is 1. The molecule has 1 aromatic heterocycles. The monoisotopic (exact) mass is 346 g/mol. The number of esters is 1. The van der Waals surface area contributed by atoms with E-state index < -0.39 is 5.97 Å². The van der Waals surface area contributed by atoms with Crippen molar-refractivity contribution in [1.82, 2.24) is 14.9 Å². The zero-order valence-corrected chi connectivity index (χ0v) is 14.1. The first-order valence-electron chi connectivity index (χ1n) is 7.51. The molecule has 1 unspecified atom stereocenters. The SMILES string of the molecule is C=CCOC(=O)C(C#N)=C1SC(CCc2ncc[nH]2)C(=O)N1CC. The Morgan fingerprint density at radius 2 is 2.46 bits per heavy atom. The molecule has 1 fully saturated rings. The molecule has 0 radical (unpaired) electrons. The van der Waals surface area contributed by atoms with E-state index in [4.69, 9.17) is 4.74 Å². The Hall–Kier alpha value is -2.53. The first kappa shape index (κ1) is 17.8. The Morgan fingerprint density at radius 3 is 3.04 bits per heavy atom. The molecule has 126 valence electrons. The molecule has 0 saturated carbocycles. The minimum Gasteiger partial charge on any atom is -0.457 e. The number of nitriles is 1. The number of aromatic amines is 1. The molecule has 2 rings (SSSR count). The van der Waals surface area contributed by atoms with Crippen molar-refractivity contribution in [3.8, 4) is 6.07 Å². The third-order valence-electron chi connectivity index (χ3n) is 3.42. The molecule has 1 saturated heterocycles. The van der Waals surface area contributed by atoms with Crippen LogP contribution in [0.1, 0.15) is 19.2 Å². The van der Waals surface area contributed by atoms with Crippen molar-refractivity contribution in [3.05, 3.63) is 41.5 Å². The number of carbonyl (C=O) groups is 2. The third-order valence-corrected chi connectivity index (χ3v) is 4.79. The fraction of sp³-hybridized carbons (Fsp3) is 0.375. The van der Waals surface area contributed by atoms with Gasteiger partial charge in [0.25, 0.3) is 0 Å². The molecule has 0 spiro atoms. The molecule has 7 nitrogen and oxygen atoms in total. The van der Waals surface area contributed by atoms with E-state index in [9.17, 15) is 14.9 Å². The van der Waals surface area contributed by atoms with Gasteiger partial charge in [-0.25, -0.2) is 9.78 Å². The maximum atomic E-state index is 12.5. The number of imidazole rings is 1. The van der Waals surface area contributed by atoms with Gasteiger partial charge < -0.3 is 14.6 Å². The van der Waals surface area contributed by atoms with Gasteiger partial charge in [-0.1, -0.05) is 24.4 Å². The molecule has 1 aromatic rings. The van der Waals surface area contributed by atoms with Gasteiger partial charge in [-0.05, 0) is 13.3 Å². The van der Waals surface area contributed by atoms with Gasteiger partial charge in [0.2, 0.25) is 5.91 Å². The second kappa shape index (κ2) is 8.36. The van der Waals surface area contributed by atoms with Gasteiger partial charge in [-0.15, -0.1) is 0 Å². The maximum Gasteiger partial charge on any atom is 0.351 e. The highest BCUT2D eigenvalue weighted by Gasteiger charge is 2.39. The van der Waals surface area contributed by atoms with E-state index in [1.54, 1.807) is 19.3 Å². The normalized spacial score (nSPS) is 19.1. The van der Waals surface area contributed by atoms with Gasteiger partial charge in [0.1, 0.15) is 23.5 Å². The number of aromatic nitrogens is 2. The Kier molecular flexibility index (Phi) is 6.21. The van der Waals surface area contributed by atoms with E-state index in [0.29, 0.717) is 24.4 Å². The number of nitrogens with zero attached hydrogens (tertiary/aromatic N) is 3. The van der Waals surface area contributed by atoms with Gasteiger partial charge in [0.15, 0.2) is 5.57 Å². The molecule has 2 heterocycles. The van der Waals surface area contributed by atoms with Crippen LogP contribution in [0.25, 0.3) is 0 Å². The summed E-state index contributed by atoms with van der Waals surface area (Å²) in [6.07, 6.45) is 5.99. The van der Waals surface area contributed by atoms with Gasteiger partial charge in [-0.2, -0.15) is 5.26 Å². The lowest BCUT2D eigenvalue weighted by molar-refractivity contribution is -0.137. The quantitative estimate of drug-likeness (QED) is 0.350. The number of carbonyl (C=O) groups excluding carboxylic acids is 2. The van der Waals surface area contributed by atoms with Crippen LogP contribution >= 0.6 is 11.8 Å². The highest BCUT2D eigenvalue weighted by atomic mass is 32.2. The van der Waals surface area contributed by atoms with Crippen molar-refractivity contribution >= 4 is 23.6 Å². The van der Waals surface area contributed by atoms with E-state index in [1.165, 1.54) is 22.7 Å². The Labute approximate surface area is 144 Å². The zero-order valence-electron chi connectivity index (χ0n) is 13.3. The highest BCUT2D eigenvalue weighted by Crippen LogP contribution is 2.39. The van der Waals surface area contributed by atoms with Crippen molar-refractivity contribution in [2.75, 3.05) is 13.2 Å². The summed E-state index contributed by atoms with van der Waals surface area (Å²) in [6.45, 7) is 5.67. The van der Waals surface area contributed by atoms with Crippen molar-refractivity contribution < 1.29 is 14.3 Å². The zero-order chi connectivity index (χ0) is 17.5. The molecule has 0 aromatic carbocycles. The molecule has 0 bridgehead atoms. The maximum absolute atomic E-state index is 12.5. The number of ether oxygens (including phenoxy) is 1. The van der Waals surface area contributed by atoms with E-state index >= 15 is 0 Å². The van der Waals surface area contributed by atoms with Crippen LogP contribution in [0.3, 0.4) is 0 Å². The number of hydrogen-bond donors (Lipinski definition) is 1. The predicted octanol–water partition coefficient (Wildman–Crippen LogP) is 1.77. The second-order valence-corrected chi connectivity index (χ2v) is 6.13. The highest BCUT2D eigenvalue weighted by molar-refractivity contribution is 8.04. The van der Waals surface area contributed by atoms with E-state index in [2.05, 4.69) is 16.5 Å². The van der Waals surface area contributed by atoms with Crippen molar-refractivity contribution in [2.24, 2.45) is 0 Å². The summed E-state index contributed by atoms with van der Waals surface area (Å²) >= 11 is 1.23. The van der Waals surface area contributed by atoms with Crippen molar-refractivity contribution in [3.63, 3.8) is 0 Å². The lowest BCUT2D eigenvalue weighted by Crippen LogP contribution is -2.29. The summed E-state index contributed by atoms with van der Waals surface area (Å²) < 4.78 is 4.94. The van der Waals surface area contributed by atoms with Crippen LogP contribution in [-0.4, -0.2) is 45.1 Å². The molecule has 1 aliphatic heterocycles. The molecule has 8 heteroatoms. The topological polar surface area (TPSA) is 99.1 Å². The van der Waals surface area contributed by atoms with Gasteiger partial charge >= 0.3 is 5.97 Å². The number of nitrogens with one attached hydrogen (secondary N) is 1. The lowest BCUT2D eigenvalue weighted by atomic mass is 10.2. The Bertz CT molecular complexity index is 691. The van der Waals surface area contributed by atoms with Gasteiger partial charge in [0, 0.05) is 25.4 Å². The summed E-state index contributed by atoms with van der Waals surface area (Å²) in [5.41, 5.74) is -0.141. The van der Waals surface area contributed by atoms with E-state index in [-0.39, 0.29) is 23.3 Å². The minimum absolute atomic E-state index is 0.0178. The Balaban J connectivity index is 2.17. The number of hydrogen-bond acceptors (Lipinski definition) is 6. The summed E-state index contributed by atoms with van der Waals surface area (Å²) in [5.74, 6) is -0.0408. The smallest absolute Gasteiger partial charge is 0.351 e. The van der Waals surface area contributed by atoms with Crippen LogP contribution in [0, 0.1) is 11.3 Å². The minimum atomic E-state index is -0.738. The van der Waals surface area contributed by atoms with Crippen LogP contribution in [0.4, 0.5) is 0 Å². The number of H-pyrrole nitrogens is 1. The van der Waals surface area contributed by atoms with Gasteiger partial charge in [-0.3, -0.25) is 4.79 Å². The molecule has 24 heavy (non-hydrogen) atoms. The third kappa shape index (κ3) is 3.86. The fourth-order valence-corrected chi connectivity index (χ4v) is 3.61. The summed E-state index contributed by atoms with van der Waals surface area (Å²) in [6, 6.07) is 1.87. The first-order chi connectivity index (χ1) is 11.6. The first-order valence-corrected chi connectivity index (χ1v) is 8.39. The fourth-order valence-electron chi connectivity index (χ4n) is 2.29. The molecular weight excluding hydrogens is 328 g/mol. The van der Waals surface area contributed by atoms with Gasteiger partial charge in [0.05, 0.1) is 5.25 Å².